The molecule has 1 heterocycles. The SMILES string of the molecule is COCCc1noc(-c2cc(N)ccc2F)n1. The number of benzene rings is 1. The topological polar surface area (TPSA) is 74.2 Å². The molecule has 1 aromatic carbocycles. The van der Waals surface area contributed by atoms with Gasteiger partial charge in [-0.2, -0.15) is 4.98 Å². The molecule has 2 rings (SSSR count). The van der Waals surface area contributed by atoms with Crippen molar-refractivity contribution in [1.82, 2.24) is 10.1 Å². The van der Waals surface area contributed by atoms with Crippen molar-refractivity contribution >= 4 is 5.69 Å². The molecule has 0 saturated carbocycles. The zero-order chi connectivity index (χ0) is 12.3. The number of methoxy groups -OCH3 is 1. The van der Waals surface area contributed by atoms with Crippen molar-refractivity contribution in [2.45, 2.75) is 6.42 Å². The molecule has 0 saturated heterocycles. The summed E-state index contributed by atoms with van der Waals surface area (Å²) in [7, 11) is 1.58. The number of aromatic nitrogens is 2. The first kappa shape index (κ1) is 11.5. The van der Waals surface area contributed by atoms with Crippen molar-refractivity contribution in [3.63, 3.8) is 0 Å². The summed E-state index contributed by atoms with van der Waals surface area (Å²) in [5.41, 5.74) is 6.23. The Hall–Kier alpha value is -1.95. The molecule has 0 aliphatic rings. The zero-order valence-corrected chi connectivity index (χ0v) is 9.31. The van der Waals surface area contributed by atoms with E-state index in [1.54, 1.807) is 7.11 Å². The van der Waals surface area contributed by atoms with Crippen LogP contribution in [-0.4, -0.2) is 23.9 Å². The van der Waals surface area contributed by atoms with Gasteiger partial charge in [-0.3, -0.25) is 0 Å². The first-order valence-electron chi connectivity index (χ1n) is 5.07. The average molecular weight is 237 g/mol. The van der Waals surface area contributed by atoms with Gasteiger partial charge in [-0.05, 0) is 18.2 Å². The van der Waals surface area contributed by atoms with Crippen molar-refractivity contribution in [3.8, 4) is 11.5 Å². The Bertz CT molecular complexity index is 513. The van der Waals surface area contributed by atoms with E-state index in [1.807, 2.05) is 0 Å². The molecule has 0 spiro atoms. The van der Waals surface area contributed by atoms with Gasteiger partial charge in [0.05, 0.1) is 12.2 Å². The molecule has 0 aliphatic carbocycles. The second kappa shape index (κ2) is 4.92. The van der Waals surface area contributed by atoms with Crippen LogP contribution < -0.4 is 5.73 Å². The van der Waals surface area contributed by atoms with Crippen LogP contribution in [-0.2, 0) is 11.2 Å². The van der Waals surface area contributed by atoms with E-state index in [0.29, 0.717) is 24.5 Å². The van der Waals surface area contributed by atoms with Crippen LogP contribution in [0, 0.1) is 5.82 Å². The molecule has 0 aliphatic heterocycles. The normalized spacial score (nSPS) is 10.7. The lowest BCUT2D eigenvalue weighted by Crippen LogP contribution is -1.96. The molecule has 2 N–H and O–H groups in total. The lowest BCUT2D eigenvalue weighted by Gasteiger charge is -1.98. The Morgan fingerprint density at radius 1 is 1.47 bits per heavy atom. The number of nitrogens with zero attached hydrogens (tertiary/aromatic N) is 2. The molecular formula is C11H12FN3O2. The Balaban J connectivity index is 2.27. The molecule has 0 unspecified atom stereocenters. The van der Waals surface area contributed by atoms with Gasteiger partial charge >= 0.3 is 0 Å². The van der Waals surface area contributed by atoms with Crippen molar-refractivity contribution in [1.29, 1.82) is 0 Å². The molecule has 0 amide bonds. The molecule has 90 valence electrons. The van der Waals surface area contributed by atoms with Gasteiger partial charge in [0.1, 0.15) is 5.82 Å². The van der Waals surface area contributed by atoms with Gasteiger partial charge < -0.3 is 15.0 Å². The summed E-state index contributed by atoms with van der Waals surface area (Å²) in [6.07, 6.45) is 0.518. The van der Waals surface area contributed by atoms with Gasteiger partial charge in [0.25, 0.3) is 5.89 Å². The van der Waals surface area contributed by atoms with Crippen molar-refractivity contribution in [2.24, 2.45) is 0 Å². The summed E-state index contributed by atoms with van der Waals surface area (Å²) in [5, 5.41) is 3.73. The summed E-state index contributed by atoms with van der Waals surface area (Å²) in [6.45, 7) is 0.485. The molecule has 0 fully saturated rings. The number of hydrogen-bond acceptors (Lipinski definition) is 5. The van der Waals surface area contributed by atoms with E-state index in [4.69, 9.17) is 15.0 Å². The van der Waals surface area contributed by atoms with Crippen LogP contribution >= 0.6 is 0 Å². The van der Waals surface area contributed by atoms with Crippen LogP contribution in [0.5, 0.6) is 0 Å². The van der Waals surface area contributed by atoms with Crippen molar-refractivity contribution < 1.29 is 13.7 Å². The van der Waals surface area contributed by atoms with Crippen LogP contribution in [0.3, 0.4) is 0 Å². The standard InChI is InChI=1S/C11H12FN3O2/c1-16-5-4-10-14-11(17-15-10)8-6-7(13)2-3-9(8)12/h2-3,6H,4-5,13H2,1H3. The number of halogens is 1. The van der Waals surface area contributed by atoms with Crippen molar-refractivity contribution in [3.05, 3.63) is 29.8 Å². The van der Waals surface area contributed by atoms with E-state index in [1.165, 1.54) is 18.2 Å². The Morgan fingerprint density at radius 2 is 2.29 bits per heavy atom. The highest BCUT2D eigenvalue weighted by Crippen LogP contribution is 2.23. The Labute approximate surface area is 97.4 Å². The quantitative estimate of drug-likeness (QED) is 0.818. The number of nitrogens with two attached hydrogens (primary N) is 1. The van der Waals surface area contributed by atoms with Gasteiger partial charge in [-0.1, -0.05) is 5.16 Å². The first-order valence-corrected chi connectivity index (χ1v) is 5.07. The maximum atomic E-state index is 13.5. The Morgan fingerprint density at radius 3 is 3.06 bits per heavy atom. The largest absolute Gasteiger partial charge is 0.399 e. The second-order valence-corrected chi connectivity index (χ2v) is 3.50. The number of nitrogen functional groups attached to an aromatic ring is 1. The van der Waals surface area contributed by atoms with E-state index in [2.05, 4.69) is 10.1 Å². The monoisotopic (exact) mass is 237 g/mol. The summed E-state index contributed by atoms with van der Waals surface area (Å²) < 4.78 is 23.4. The van der Waals surface area contributed by atoms with Gasteiger partial charge in [0.15, 0.2) is 5.82 Å². The Kier molecular flexibility index (Phi) is 3.34. The first-order chi connectivity index (χ1) is 8.20. The number of rotatable bonds is 4. The number of anilines is 1. The molecule has 0 atom stereocenters. The summed E-state index contributed by atoms with van der Waals surface area (Å²) in [4.78, 5) is 4.07. The molecular weight excluding hydrogens is 225 g/mol. The smallest absolute Gasteiger partial charge is 0.260 e. The molecule has 2 aromatic rings. The maximum absolute atomic E-state index is 13.5. The minimum absolute atomic E-state index is 0.126. The van der Waals surface area contributed by atoms with Gasteiger partial charge in [0, 0.05) is 19.2 Å². The van der Waals surface area contributed by atoms with E-state index in [9.17, 15) is 4.39 Å². The minimum Gasteiger partial charge on any atom is -0.399 e. The third kappa shape index (κ3) is 2.59. The van der Waals surface area contributed by atoms with E-state index in [0.717, 1.165) is 0 Å². The third-order valence-corrected chi connectivity index (χ3v) is 2.22. The molecule has 5 nitrogen and oxygen atoms in total. The highest BCUT2D eigenvalue weighted by Gasteiger charge is 2.13. The van der Waals surface area contributed by atoms with Crippen LogP contribution in [0.15, 0.2) is 22.7 Å². The third-order valence-electron chi connectivity index (χ3n) is 2.22. The van der Waals surface area contributed by atoms with Crippen molar-refractivity contribution in [2.75, 3.05) is 19.5 Å². The van der Waals surface area contributed by atoms with Crippen LogP contribution in [0.2, 0.25) is 0 Å². The fraction of sp³-hybridized carbons (Fsp3) is 0.273. The predicted molar refractivity (Wildman–Crippen MR) is 59.7 cm³/mol. The van der Waals surface area contributed by atoms with Gasteiger partial charge in [-0.15, -0.1) is 0 Å². The zero-order valence-electron chi connectivity index (χ0n) is 9.31. The van der Waals surface area contributed by atoms with Crippen LogP contribution in [0.1, 0.15) is 5.82 Å². The fourth-order valence-corrected chi connectivity index (χ4v) is 1.37. The lowest BCUT2D eigenvalue weighted by molar-refractivity contribution is 0.199. The fourth-order valence-electron chi connectivity index (χ4n) is 1.37. The minimum atomic E-state index is -0.443. The van der Waals surface area contributed by atoms with Gasteiger partial charge in [-0.25, -0.2) is 4.39 Å². The number of hydrogen-bond donors (Lipinski definition) is 1. The predicted octanol–water partition coefficient (Wildman–Crippen LogP) is 1.65. The molecule has 0 radical (unpaired) electrons. The highest BCUT2D eigenvalue weighted by atomic mass is 19.1. The molecule has 6 heteroatoms. The maximum Gasteiger partial charge on any atom is 0.260 e. The summed E-state index contributed by atoms with van der Waals surface area (Å²) >= 11 is 0. The van der Waals surface area contributed by atoms with Gasteiger partial charge in [0.2, 0.25) is 0 Å². The summed E-state index contributed by atoms with van der Waals surface area (Å²) in [5.74, 6) is 0.158. The number of ether oxygens (including phenoxy) is 1. The second-order valence-electron chi connectivity index (χ2n) is 3.50. The average Bonchev–Trinajstić information content (AvgIpc) is 2.78. The summed E-state index contributed by atoms with van der Waals surface area (Å²) in [6, 6.07) is 4.20. The molecule has 0 bridgehead atoms. The van der Waals surface area contributed by atoms with E-state index >= 15 is 0 Å². The highest BCUT2D eigenvalue weighted by molar-refractivity contribution is 5.60. The lowest BCUT2D eigenvalue weighted by atomic mass is 10.2. The van der Waals surface area contributed by atoms with E-state index in [-0.39, 0.29) is 11.5 Å². The van der Waals surface area contributed by atoms with Crippen LogP contribution in [0.4, 0.5) is 10.1 Å². The van der Waals surface area contributed by atoms with E-state index < -0.39 is 5.82 Å². The molecule has 1 aromatic heterocycles. The molecule has 17 heavy (non-hydrogen) atoms. The van der Waals surface area contributed by atoms with Crippen LogP contribution in [0.25, 0.3) is 11.5 Å².